The van der Waals surface area contributed by atoms with E-state index in [9.17, 15) is 13.2 Å². The Balaban J connectivity index is 1.93. The number of carbonyl (C=O) groups is 1. The maximum atomic E-state index is 13.1. The van der Waals surface area contributed by atoms with Gasteiger partial charge in [0.15, 0.2) is 0 Å². The molecule has 2 heterocycles. The number of nitrogens with zero attached hydrogens (tertiary/aromatic N) is 3. The van der Waals surface area contributed by atoms with Gasteiger partial charge in [-0.1, -0.05) is 18.2 Å². The molecule has 0 aliphatic carbocycles. The van der Waals surface area contributed by atoms with Gasteiger partial charge in [0.2, 0.25) is 10.0 Å². The summed E-state index contributed by atoms with van der Waals surface area (Å²) in [6.45, 7) is 5.93. The molecule has 0 saturated heterocycles. The zero-order chi connectivity index (χ0) is 25.5. The summed E-state index contributed by atoms with van der Waals surface area (Å²) in [5.74, 6) is -0.666. The highest BCUT2D eigenvalue weighted by molar-refractivity contribution is 7.89. The average Bonchev–Trinajstić information content (AvgIpc) is 2.87. The van der Waals surface area contributed by atoms with Gasteiger partial charge in [-0.15, -0.1) is 0 Å². The molecule has 0 spiro atoms. The molecular weight excluding hydrogens is 466 g/mol. The van der Waals surface area contributed by atoms with Crippen molar-refractivity contribution >= 4 is 27.5 Å². The first-order chi connectivity index (χ1) is 16.7. The Hall–Kier alpha value is -3.34. The van der Waals surface area contributed by atoms with Crippen molar-refractivity contribution in [2.45, 2.75) is 31.2 Å². The zero-order valence-electron chi connectivity index (χ0n) is 20.2. The molecule has 186 valence electrons. The van der Waals surface area contributed by atoms with Crippen molar-refractivity contribution in [3.63, 3.8) is 0 Å². The molecule has 0 radical (unpaired) electrons. The highest BCUT2D eigenvalue weighted by Crippen LogP contribution is 2.25. The molecule has 2 aromatic heterocycles. The van der Waals surface area contributed by atoms with Gasteiger partial charge in [-0.05, 0) is 62.2 Å². The normalized spacial score (nSPS) is 12.8. The number of hydrogen-bond acceptors (Lipinski definition) is 6. The monoisotopic (exact) mass is 498 g/mol. The minimum atomic E-state index is -3.88. The summed E-state index contributed by atoms with van der Waals surface area (Å²) in [6, 6.07) is 15.6. The SMILES string of the molecule is CC[N+](C)(CC)c1ccc(CC(NS(=O)(=O)c2cccnc2)c2cccc(NCC(=O)O)n2)cc1. The standard InChI is InChI=1S/C25H31N5O4S/c1-4-30(3,5-2)20-13-11-19(12-14-20)16-23(29-35(33,34)21-8-7-15-26-17-21)22-9-6-10-24(28-22)27-18-25(31)32/h6-15,17,23,29H,4-5,16,18H2,1-3H3,(H-,27,28,31,32)/p+1. The van der Waals surface area contributed by atoms with Crippen molar-refractivity contribution in [3.8, 4) is 0 Å². The highest BCUT2D eigenvalue weighted by Gasteiger charge is 2.24. The van der Waals surface area contributed by atoms with Crippen molar-refractivity contribution in [2.75, 3.05) is 32.0 Å². The van der Waals surface area contributed by atoms with Gasteiger partial charge in [0, 0.05) is 12.4 Å². The predicted molar refractivity (Wildman–Crippen MR) is 137 cm³/mol. The molecule has 1 aromatic carbocycles. The van der Waals surface area contributed by atoms with Gasteiger partial charge in [0.05, 0.1) is 31.9 Å². The van der Waals surface area contributed by atoms with Gasteiger partial charge in [0.25, 0.3) is 0 Å². The van der Waals surface area contributed by atoms with E-state index in [1.807, 2.05) is 12.1 Å². The number of aromatic nitrogens is 2. The summed E-state index contributed by atoms with van der Waals surface area (Å²) in [6.07, 6.45) is 3.16. The Morgan fingerprint density at radius 1 is 1.06 bits per heavy atom. The molecule has 0 saturated carbocycles. The van der Waals surface area contributed by atoms with Crippen molar-refractivity contribution in [1.29, 1.82) is 0 Å². The van der Waals surface area contributed by atoms with Gasteiger partial charge in [-0.2, -0.15) is 0 Å². The molecule has 0 aliphatic heterocycles. The lowest BCUT2D eigenvalue weighted by Gasteiger charge is -2.31. The number of benzene rings is 1. The van der Waals surface area contributed by atoms with Crippen LogP contribution in [-0.4, -0.2) is 56.1 Å². The topological polar surface area (TPSA) is 121 Å². The molecule has 3 rings (SSSR count). The Morgan fingerprint density at radius 3 is 2.37 bits per heavy atom. The summed E-state index contributed by atoms with van der Waals surface area (Å²) in [4.78, 5) is 19.4. The molecule has 9 nitrogen and oxygen atoms in total. The lowest BCUT2D eigenvalue weighted by molar-refractivity contribution is -0.134. The molecule has 0 amide bonds. The fourth-order valence-electron chi connectivity index (χ4n) is 3.69. The van der Waals surface area contributed by atoms with Crippen molar-refractivity contribution in [1.82, 2.24) is 19.2 Å². The maximum Gasteiger partial charge on any atom is 0.322 e. The third-order valence-corrected chi connectivity index (χ3v) is 7.64. The molecule has 1 unspecified atom stereocenters. The number of rotatable bonds is 12. The summed E-state index contributed by atoms with van der Waals surface area (Å²) < 4.78 is 29.7. The van der Waals surface area contributed by atoms with Crippen molar-refractivity contribution in [2.24, 2.45) is 0 Å². The lowest BCUT2D eigenvalue weighted by atomic mass is 10.0. The van der Waals surface area contributed by atoms with E-state index in [-0.39, 0.29) is 11.4 Å². The summed E-state index contributed by atoms with van der Waals surface area (Å²) in [5.41, 5.74) is 2.60. The largest absolute Gasteiger partial charge is 0.480 e. The first kappa shape index (κ1) is 26.3. The van der Waals surface area contributed by atoms with Gasteiger partial charge in [-0.3, -0.25) is 14.3 Å². The lowest BCUT2D eigenvalue weighted by Crippen LogP contribution is -2.44. The first-order valence-corrected chi connectivity index (χ1v) is 12.9. The van der Waals surface area contributed by atoms with Crippen LogP contribution in [0.1, 0.15) is 31.1 Å². The number of hydrogen-bond donors (Lipinski definition) is 3. The maximum absolute atomic E-state index is 13.1. The minimum Gasteiger partial charge on any atom is -0.480 e. The van der Waals surface area contributed by atoms with Crippen LogP contribution in [0.3, 0.4) is 0 Å². The molecule has 3 aromatic rings. The predicted octanol–water partition coefficient (Wildman–Crippen LogP) is 3.21. The summed E-state index contributed by atoms with van der Waals surface area (Å²) in [5, 5.41) is 11.7. The zero-order valence-corrected chi connectivity index (χ0v) is 21.0. The van der Waals surface area contributed by atoms with E-state index >= 15 is 0 Å². The molecule has 10 heteroatoms. The van der Waals surface area contributed by atoms with Crippen LogP contribution in [-0.2, 0) is 21.2 Å². The van der Waals surface area contributed by atoms with Crippen LogP contribution in [0.25, 0.3) is 0 Å². The summed E-state index contributed by atoms with van der Waals surface area (Å²) >= 11 is 0. The number of anilines is 1. The molecule has 1 atom stereocenters. The van der Waals surface area contributed by atoms with Gasteiger partial charge in [-0.25, -0.2) is 18.1 Å². The van der Waals surface area contributed by atoms with Crippen LogP contribution in [0, 0.1) is 0 Å². The van der Waals surface area contributed by atoms with E-state index in [2.05, 4.69) is 53.0 Å². The molecular formula is C25H32N5O4S+. The van der Waals surface area contributed by atoms with E-state index in [1.54, 1.807) is 24.3 Å². The second-order valence-corrected chi connectivity index (χ2v) is 10.2. The van der Waals surface area contributed by atoms with Crippen molar-refractivity contribution in [3.05, 3.63) is 78.2 Å². The van der Waals surface area contributed by atoms with Crippen LogP contribution in [0.4, 0.5) is 11.5 Å². The molecule has 3 N–H and O–H groups in total. The Kier molecular flexibility index (Phi) is 8.55. The second kappa shape index (κ2) is 11.4. The van der Waals surface area contributed by atoms with Gasteiger partial charge in [0.1, 0.15) is 22.9 Å². The van der Waals surface area contributed by atoms with E-state index < -0.39 is 22.0 Å². The number of aliphatic carboxylic acids is 1. The van der Waals surface area contributed by atoms with Crippen LogP contribution in [0.2, 0.25) is 0 Å². The Morgan fingerprint density at radius 2 is 1.77 bits per heavy atom. The van der Waals surface area contributed by atoms with E-state index in [0.29, 0.717) is 17.9 Å². The van der Waals surface area contributed by atoms with Crippen LogP contribution >= 0.6 is 0 Å². The molecule has 0 bridgehead atoms. The second-order valence-electron chi connectivity index (χ2n) is 8.46. The average molecular weight is 499 g/mol. The van der Waals surface area contributed by atoms with Crippen LogP contribution in [0.5, 0.6) is 0 Å². The van der Waals surface area contributed by atoms with E-state index in [4.69, 9.17) is 5.11 Å². The Bertz CT molecular complexity index is 1230. The fourth-order valence-corrected chi connectivity index (χ4v) is 4.87. The fraction of sp³-hybridized carbons (Fsp3) is 0.320. The number of quaternary nitrogens is 1. The third kappa shape index (κ3) is 6.84. The summed E-state index contributed by atoms with van der Waals surface area (Å²) in [7, 11) is -1.70. The van der Waals surface area contributed by atoms with E-state index in [0.717, 1.165) is 23.1 Å². The number of carboxylic acids is 1. The molecule has 0 fully saturated rings. The van der Waals surface area contributed by atoms with Gasteiger partial charge >= 0.3 is 5.97 Å². The smallest absolute Gasteiger partial charge is 0.322 e. The van der Waals surface area contributed by atoms with E-state index in [1.165, 1.54) is 24.1 Å². The number of carboxylic acid groups (broad SMARTS) is 1. The molecule has 0 aliphatic rings. The van der Waals surface area contributed by atoms with Crippen LogP contribution < -0.4 is 14.5 Å². The molecule has 35 heavy (non-hydrogen) atoms. The number of sulfonamides is 1. The third-order valence-electron chi connectivity index (χ3n) is 6.19. The van der Waals surface area contributed by atoms with Crippen LogP contribution in [0.15, 0.2) is 71.9 Å². The Labute approximate surface area is 206 Å². The highest BCUT2D eigenvalue weighted by atomic mass is 32.2. The van der Waals surface area contributed by atoms with Gasteiger partial charge < -0.3 is 10.4 Å². The van der Waals surface area contributed by atoms with Crippen molar-refractivity contribution < 1.29 is 18.3 Å². The first-order valence-electron chi connectivity index (χ1n) is 11.5. The number of pyridine rings is 2. The minimum absolute atomic E-state index is 0.0551. The number of nitrogens with one attached hydrogen (secondary N) is 2. The quantitative estimate of drug-likeness (QED) is 0.328.